The summed E-state index contributed by atoms with van der Waals surface area (Å²) >= 11 is 5.69. The van der Waals surface area contributed by atoms with Gasteiger partial charge in [-0.3, -0.25) is 0 Å². The van der Waals surface area contributed by atoms with Crippen LogP contribution < -0.4 is 5.73 Å². The van der Waals surface area contributed by atoms with Crippen LogP contribution >= 0.6 is 11.6 Å². The molecule has 0 radical (unpaired) electrons. The summed E-state index contributed by atoms with van der Waals surface area (Å²) in [5.41, 5.74) is 6.76. The van der Waals surface area contributed by atoms with Gasteiger partial charge in [0.05, 0.1) is 11.3 Å². The first-order valence-electron chi connectivity index (χ1n) is 4.89. The number of hydrogen-bond donors (Lipinski definition) is 1. The summed E-state index contributed by atoms with van der Waals surface area (Å²) in [6.07, 6.45) is 2.16. The van der Waals surface area contributed by atoms with E-state index in [0.29, 0.717) is 6.42 Å². The molecule has 2 aromatic rings. The lowest BCUT2D eigenvalue weighted by Gasteiger charge is -2.10. The normalized spacial score (nSPS) is 12.7. The van der Waals surface area contributed by atoms with Gasteiger partial charge >= 0.3 is 0 Å². The molecule has 0 fully saturated rings. The van der Waals surface area contributed by atoms with Gasteiger partial charge in [-0.05, 0) is 29.8 Å². The summed E-state index contributed by atoms with van der Waals surface area (Å²) in [4.78, 5) is 0. The number of rotatable bonds is 3. The Balaban J connectivity index is 2.14. The number of hydrogen-bond acceptors (Lipinski definition) is 2. The average Bonchev–Trinajstić information content (AvgIpc) is 2.74. The molecule has 4 heteroatoms. The van der Waals surface area contributed by atoms with Crippen LogP contribution in [0.4, 0.5) is 4.39 Å². The van der Waals surface area contributed by atoms with Crippen molar-refractivity contribution in [2.24, 2.45) is 5.73 Å². The van der Waals surface area contributed by atoms with Gasteiger partial charge in [0.15, 0.2) is 0 Å². The molecule has 1 atom stereocenters. The Morgan fingerprint density at radius 2 is 2.19 bits per heavy atom. The van der Waals surface area contributed by atoms with Gasteiger partial charge in [0.25, 0.3) is 0 Å². The van der Waals surface area contributed by atoms with Gasteiger partial charge in [0, 0.05) is 12.5 Å². The Morgan fingerprint density at radius 3 is 2.81 bits per heavy atom. The molecule has 0 aliphatic carbocycles. The molecular formula is C12H11ClFNO. The fourth-order valence-corrected chi connectivity index (χ4v) is 1.70. The van der Waals surface area contributed by atoms with E-state index < -0.39 is 5.82 Å². The van der Waals surface area contributed by atoms with Crippen molar-refractivity contribution in [2.75, 3.05) is 0 Å². The van der Waals surface area contributed by atoms with Gasteiger partial charge in [-0.2, -0.15) is 0 Å². The van der Waals surface area contributed by atoms with Crippen LogP contribution in [0.25, 0.3) is 0 Å². The predicted octanol–water partition coefficient (Wildman–Crippen LogP) is 3.31. The van der Waals surface area contributed by atoms with Crippen molar-refractivity contribution in [3.63, 3.8) is 0 Å². The highest BCUT2D eigenvalue weighted by molar-refractivity contribution is 6.30. The molecule has 2 rings (SSSR count). The minimum absolute atomic E-state index is 0.0902. The number of nitrogens with two attached hydrogens (primary N) is 1. The lowest BCUT2D eigenvalue weighted by Crippen LogP contribution is -2.13. The molecular weight excluding hydrogens is 229 g/mol. The Kier molecular flexibility index (Phi) is 3.27. The Hall–Kier alpha value is -1.32. The van der Waals surface area contributed by atoms with Crippen LogP contribution in [0.2, 0.25) is 5.02 Å². The van der Waals surface area contributed by atoms with E-state index in [9.17, 15) is 4.39 Å². The predicted molar refractivity (Wildman–Crippen MR) is 60.8 cm³/mol. The third-order valence-electron chi connectivity index (χ3n) is 2.37. The van der Waals surface area contributed by atoms with Crippen molar-refractivity contribution >= 4 is 11.6 Å². The first kappa shape index (κ1) is 11.2. The van der Waals surface area contributed by atoms with Crippen molar-refractivity contribution in [1.82, 2.24) is 0 Å². The highest BCUT2D eigenvalue weighted by Gasteiger charge is 2.10. The maximum absolute atomic E-state index is 12.9. The van der Waals surface area contributed by atoms with Crippen LogP contribution in [0.15, 0.2) is 41.0 Å². The molecule has 16 heavy (non-hydrogen) atoms. The van der Waals surface area contributed by atoms with Gasteiger partial charge in [-0.15, -0.1) is 0 Å². The number of benzene rings is 1. The topological polar surface area (TPSA) is 39.2 Å². The number of furan rings is 1. The third kappa shape index (κ3) is 2.43. The van der Waals surface area contributed by atoms with Crippen LogP contribution in [0.1, 0.15) is 17.4 Å². The summed E-state index contributed by atoms with van der Waals surface area (Å²) in [5, 5.41) is 0.0902. The second-order valence-electron chi connectivity index (χ2n) is 3.56. The third-order valence-corrected chi connectivity index (χ3v) is 2.66. The minimum Gasteiger partial charge on any atom is -0.469 e. The lowest BCUT2D eigenvalue weighted by atomic mass is 10.0. The van der Waals surface area contributed by atoms with E-state index in [-0.39, 0.29) is 11.1 Å². The van der Waals surface area contributed by atoms with Crippen LogP contribution in [0, 0.1) is 5.82 Å². The van der Waals surface area contributed by atoms with Crippen LogP contribution in [0.3, 0.4) is 0 Å². The second-order valence-corrected chi connectivity index (χ2v) is 3.97. The zero-order valence-electron chi connectivity index (χ0n) is 8.49. The van der Waals surface area contributed by atoms with E-state index in [1.165, 1.54) is 6.07 Å². The standard InChI is InChI=1S/C12H11ClFNO/c13-10-6-8(3-4-11(10)14)12(15)7-9-2-1-5-16-9/h1-6,12H,7,15H2. The SMILES string of the molecule is NC(Cc1ccco1)c1ccc(F)c(Cl)c1. The van der Waals surface area contributed by atoms with Crippen molar-refractivity contribution in [3.8, 4) is 0 Å². The fraction of sp³-hybridized carbons (Fsp3) is 0.167. The van der Waals surface area contributed by atoms with Crippen molar-refractivity contribution in [2.45, 2.75) is 12.5 Å². The Labute approximate surface area is 97.8 Å². The Morgan fingerprint density at radius 1 is 1.38 bits per heavy atom. The van der Waals surface area contributed by atoms with Gasteiger partial charge in [0.1, 0.15) is 11.6 Å². The first-order valence-corrected chi connectivity index (χ1v) is 5.27. The first-order chi connectivity index (χ1) is 7.66. The van der Waals surface area contributed by atoms with E-state index in [2.05, 4.69) is 0 Å². The van der Waals surface area contributed by atoms with Gasteiger partial charge in [0.2, 0.25) is 0 Å². The van der Waals surface area contributed by atoms with Crippen LogP contribution in [-0.2, 0) is 6.42 Å². The smallest absolute Gasteiger partial charge is 0.141 e. The zero-order valence-corrected chi connectivity index (χ0v) is 9.25. The molecule has 0 amide bonds. The van der Waals surface area contributed by atoms with Gasteiger partial charge < -0.3 is 10.2 Å². The average molecular weight is 240 g/mol. The van der Waals surface area contributed by atoms with Gasteiger partial charge in [-0.25, -0.2) is 4.39 Å². The second kappa shape index (κ2) is 4.68. The van der Waals surface area contributed by atoms with E-state index in [1.807, 2.05) is 6.07 Å². The van der Waals surface area contributed by atoms with E-state index in [1.54, 1.807) is 24.5 Å². The summed E-state index contributed by atoms with van der Waals surface area (Å²) in [6, 6.07) is 7.91. The van der Waals surface area contributed by atoms with Crippen molar-refractivity contribution in [3.05, 3.63) is 58.8 Å². The number of halogens is 2. The largest absolute Gasteiger partial charge is 0.469 e. The molecule has 0 saturated heterocycles. The highest BCUT2D eigenvalue weighted by atomic mass is 35.5. The molecule has 0 aliphatic rings. The maximum atomic E-state index is 12.9. The molecule has 1 aromatic heterocycles. The molecule has 1 unspecified atom stereocenters. The molecule has 1 aromatic carbocycles. The van der Waals surface area contributed by atoms with E-state index in [0.717, 1.165) is 11.3 Å². The summed E-state index contributed by atoms with van der Waals surface area (Å²) < 4.78 is 18.1. The molecule has 1 heterocycles. The monoisotopic (exact) mass is 239 g/mol. The molecule has 0 bridgehead atoms. The van der Waals surface area contributed by atoms with Gasteiger partial charge in [-0.1, -0.05) is 17.7 Å². The molecule has 84 valence electrons. The fourth-order valence-electron chi connectivity index (χ4n) is 1.51. The van der Waals surface area contributed by atoms with E-state index >= 15 is 0 Å². The highest BCUT2D eigenvalue weighted by Crippen LogP contribution is 2.22. The summed E-state index contributed by atoms with van der Waals surface area (Å²) in [7, 11) is 0. The van der Waals surface area contributed by atoms with Crippen molar-refractivity contribution < 1.29 is 8.81 Å². The zero-order chi connectivity index (χ0) is 11.5. The molecule has 0 spiro atoms. The van der Waals surface area contributed by atoms with Crippen LogP contribution in [0.5, 0.6) is 0 Å². The Bertz CT molecular complexity index is 470. The lowest BCUT2D eigenvalue weighted by molar-refractivity contribution is 0.488. The minimum atomic E-state index is -0.435. The van der Waals surface area contributed by atoms with Crippen molar-refractivity contribution in [1.29, 1.82) is 0 Å². The molecule has 0 saturated carbocycles. The van der Waals surface area contributed by atoms with Crippen LogP contribution in [-0.4, -0.2) is 0 Å². The maximum Gasteiger partial charge on any atom is 0.141 e. The summed E-state index contributed by atoms with van der Waals surface area (Å²) in [6.45, 7) is 0. The summed E-state index contributed by atoms with van der Waals surface area (Å²) in [5.74, 6) is 0.364. The van der Waals surface area contributed by atoms with E-state index in [4.69, 9.17) is 21.8 Å². The molecule has 2 N–H and O–H groups in total. The molecule has 2 nitrogen and oxygen atoms in total. The molecule has 0 aliphatic heterocycles. The quantitative estimate of drug-likeness (QED) is 0.893.